The quantitative estimate of drug-likeness (QED) is 0.743. The first-order valence-electron chi connectivity index (χ1n) is 8.45. The Morgan fingerprint density at radius 1 is 1.16 bits per heavy atom. The summed E-state index contributed by atoms with van der Waals surface area (Å²) in [6, 6.07) is 10.0. The van der Waals surface area contributed by atoms with Gasteiger partial charge in [-0.15, -0.1) is 15.3 Å². The smallest absolute Gasteiger partial charge is 0.151 e. The zero-order chi connectivity index (χ0) is 17.1. The van der Waals surface area contributed by atoms with E-state index in [4.69, 9.17) is 0 Å². The van der Waals surface area contributed by atoms with E-state index in [0.717, 1.165) is 30.9 Å². The van der Waals surface area contributed by atoms with Gasteiger partial charge in [-0.25, -0.2) is 4.68 Å². The van der Waals surface area contributed by atoms with Crippen LogP contribution in [0.3, 0.4) is 0 Å². The highest BCUT2D eigenvalue weighted by Gasteiger charge is 2.34. The van der Waals surface area contributed by atoms with Crippen LogP contribution < -0.4 is 0 Å². The van der Waals surface area contributed by atoms with Gasteiger partial charge < -0.3 is 5.11 Å². The Balaban J connectivity index is 1.47. The van der Waals surface area contributed by atoms with Crippen molar-refractivity contribution in [3.63, 3.8) is 0 Å². The molecule has 0 aliphatic carbocycles. The maximum atomic E-state index is 11.0. The van der Waals surface area contributed by atoms with Gasteiger partial charge in [0, 0.05) is 18.4 Å². The minimum atomic E-state index is -0.802. The summed E-state index contributed by atoms with van der Waals surface area (Å²) in [5.74, 6) is 0.871. The summed E-state index contributed by atoms with van der Waals surface area (Å²) in [4.78, 5) is 2.23. The van der Waals surface area contributed by atoms with Crippen LogP contribution in [0.2, 0.25) is 0 Å². The van der Waals surface area contributed by atoms with E-state index in [-0.39, 0.29) is 0 Å². The summed E-state index contributed by atoms with van der Waals surface area (Å²) in [5.41, 5.74) is 0.237. The lowest BCUT2D eigenvalue weighted by atomic mass is 9.93. The SMILES string of the molecule is O[C@@]1(Cn2ccnn2)CCCN(Cc2nncn2-c2ccccc2)C1. The standard InChI is InChI=1S/C17H21N7O/c25-17(13-23-10-8-18-21-23)7-4-9-22(12-17)11-16-20-19-14-24(16)15-5-2-1-3-6-15/h1-3,5-6,8,10,14,25H,4,7,9,11-13H2/t17-/m0/s1. The van der Waals surface area contributed by atoms with Gasteiger partial charge in [-0.05, 0) is 31.5 Å². The molecule has 1 fully saturated rings. The second-order valence-corrected chi connectivity index (χ2v) is 6.59. The van der Waals surface area contributed by atoms with E-state index in [0.29, 0.717) is 19.6 Å². The van der Waals surface area contributed by atoms with Gasteiger partial charge >= 0.3 is 0 Å². The third-order valence-electron chi connectivity index (χ3n) is 4.58. The fraction of sp³-hybridized carbons (Fsp3) is 0.412. The van der Waals surface area contributed by atoms with Crippen molar-refractivity contribution in [1.82, 2.24) is 34.7 Å². The van der Waals surface area contributed by atoms with Crippen molar-refractivity contribution >= 4 is 0 Å². The molecule has 3 heterocycles. The first-order valence-corrected chi connectivity index (χ1v) is 8.45. The zero-order valence-corrected chi connectivity index (χ0v) is 13.9. The molecule has 130 valence electrons. The minimum absolute atomic E-state index is 0.453. The van der Waals surface area contributed by atoms with Crippen LogP contribution >= 0.6 is 0 Å². The van der Waals surface area contributed by atoms with E-state index < -0.39 is 5.60 Å². The Morgan fingerprint density at radius 2 is 2.04 bits per heavy atom. The predicted molar refractivity (Wildman–Crippen MR) is 90.8 cm³/mol. The fourth-order valence-electron chi connectivity index (χ4n) is 3.46. The van der Waals surface area contributed by atoms with Crippen LogP contribution in [0.5, 0.6) is 0 Å². The van der Waals surface area contributed by atoms with Crippen molar-refractivity contribution in [1.29, 1.82) is 0 Å². The Kier molecular flexibility index (Phi) is 4.29. The monoisotopic (exact) mass is 339 g/mol. The van der Waals surface area contributed by atoms with Crippen LogP contribution in [0.25, 0.3) is 5.69 Å². The average molecular weight is 339 g/mol. The number of likely N-dealkylation sites (tertiary alicyclic amines) is 1. The van der Waals surface area contributed by atoms with Gasteiger partial charge in [-0.3, -0.25) is 9.47 Å². The zero-order valence-electron chi connectivity index (χ0n) is 13.9. The summed E-state index contributed by atoms with van der Waals surface area (Å²) in [7, 11) is 0. The molecule has 1 N–H and O–H groups in total. The number of β-amino-alcohol motifs (C(OH)–C–C–N with tert-alkyl or cyclic N) is 1. The van der Waals surface area contributed by atoms with Gasteiger partial charge in [0.05, 0.1) is 24.9 Å². The van der Waals surface area contributed by atoms with Crippen molar-refractivity contribution in [3.8, 4) is 5.69 Å². The molecule has 0 radical (unpaired) electrons. The van der Waals surface area contributed by atoms with Crippen molar-refractivity contribution in [2.45, 2.75) is 31.5 Å². The summed E-state index contributed by atoms with van der Waals surface area (Å²) in [6.07, 6.45) is 6.84. The van der Waals surface area contributed by atoms with E-state index in [2.05, 4.69) is 25.4 Å². The van der Waals surface area contributed by atoms with Crippen molar-refractivity contribution in [3.05, 3.63) is 54.9 Å². The first-order chi connectivity index (χ1) is 12.2. The van der Waals surface area contributed by atoms with Gasteiger partial charge in [-0.1, -0.05) is 23.4 Å². The Morgan fingerprint density at radius 3 is 2.84 bits per heavy atom. The molecule has 0 spiro atoms. The molecule has 4 rings (SSSR count). The van der Waals surface area contributed by atoms with Crippen LogP contribution in [0.4, 0.5) is 0 Å². The Hall–Kier alpha value is -2.58. The molecule has 1 aliphatic heterocycles. The molecule has 25 heavy (non-hydrogen) atoms. The number of hydrogen-bond donors (Lipinski definition) is 1. The molecule has 8 heteroatoms. The number of nitrogens with zero attached hydrogens (tertiary/aromatic N) is 7. The average Bonchev–Trinajstić information content (AvgIpc) is 3.27. The van der Waals surface area contributed by atoms with E-state index in [1.165, 1.54) is 0 Å². The maximum absolute atomic E-state index is 11.0. The van der Waals surface area contributed by atoms with Gasteiger partial charge in [0.15, 0.2) is 5.82 Å². The number of aromatic nitrogens is 6. The number of piperidine rings is 1. The molecule has 3 aromatic rings. The van der Waals surface area contributed by atoms with E-state index >= 15 is 0 Å². The molecule has 2 aromatic heterocycles. The normalized spacial score (nSPS) is 21.5. The molecule has 0 saturated carbocycles. The topological polar surface area (TPSA) is 84.9 Å². The minimum Gasteiger partial charge on any atom is -0.387 e. The third-order valence-corrected chi connectivity index (χ3v) is 4.58. The van der Waals surface area contributed by atoms with Gasteiger partial charge in [0.2, 0.25) is 0 Å². The number of rotatable bonds is 5. The van der Waals surface area contributed by atoms with Gasteiger partial charge in [0.25, 0.3) is 0 Å². The number of hydrogen-bond acceptors (Lipinski definition) is 6. The van der Waals surface area contributed by atoms with Crippen molar-refractivity contribution in [2.75, 3.05) is 13.1 Å². The molecule has 8 nitrogen and oxygen atoms in total. The first kappa shape index (κ1) is 15.9. The van der Waals surface area contributed by atoms with Crippen LogP contribution in [0.1, 0.15) is 18.7 Å². The van der Waals surface area contributed by atoms with E-state index in [1.54, 1.807) is 23.4 Å². The predicted octanol–water partition coefficient (Wildman–Crippen LogP) is 0.886. The summed E-state index contributed by atoms with van der Waals surface area (Å²) in [5, 5.41) is 27.1. The van der Waals surface area contributed by atoms with Crippen LogP contribution in [-0.2, 0) is 13.1 Å². The maximum Gasteiger partial charge on any atom is 0.151 e. The molecule has 1 aliphatic rings. The van der Waals surface area contributed by atoms with Gasteiger partial charge in [-0.2, -0.15) is 0 Å². The van der Waals surface area contributed by atoms with Crippen molar-refractivity contribution in [2.24, 2.45) is 0 Å². The Labute approximate surface area is 145 Å². The van der Waals surface area contributed by atoms with Crippen LogP contribution in [0, 0.1) is 0 Å². The van der Waals surface area contributed by atoms with E-state index in [9.17, 15) is 5.11 Å². The highest BCUT2D eigenvalue weighted by molar-refractivity contribution is 5.31. The molecular weight excluding hydrogens is 318 g/mol. The molecule has 1 saturated heterocycles. The van der Waals surface area contributed by atoms with Crippen LogP contribution in [-0.4, -0.2) is 58.5 Å². The fourth-order valence-corrected chi connectivity index (χ4v) is 3.46. The number of aliphatic hydroxyl groups is 1. The summed E-state index contributed by atoms with van der Waals surface area (Å²) >= 11 is 0. The lowest BCUT2D eigenvalue weighted by Gasteiger charge is -2.38. The molecule has 1 aromatic carbocycles. The third kappa shape index (κ3) is 3.59. The van der Waals surface area contributed by atoms with Crippen LogP contribution in [0.15, 0.2) is 49.1 Å². The lowest BCUT2D eigenvalue weighted by molar-refractivity contribution is -0.0485. The second-order valence-electron chi connectivity index (χ2n) is 6.59. The lowest BCUT2D eigenvalue weighted by Crippen LogP contribution is -2.50. The molecule has 0 amide bonds. The molecule has 1 atom stereocenters. The summed E-state index contributed by atoms with van der Waals surface area (Å²) in [6.45, 7) is 2.61. The Bertz CT molecular complexity index is 802. The van der Waals surface area contributed by atoms with E-state index in [1.807, 2.05) is 34.9 Å². The number of para-hydroxylation sites is 1. The molecule has 0 bridgehead atoms. The molecule has 0 unspecified atom stereocenters. The highest BCUT2D eigenvalue weighted by Crippen LogP contribution is 2.24. The highest BCUT2D eigenvalue weighted by atomic mass is 16.3. The van der Waals surface area contributed by atoms with Crippen molar-refractivity contribution < 1.29 is 5.11 Å². The summed E-state index contributed by atoms with van der Waals surface area (Å²) < 4.78 is 3.68. The second kappa shape index (κ2) is 6.73. The molecular formula is C17H21N7O. The largest absolute Gasteiger partial charge is 0.387 e. The van der Waals surface area contributed by atoms with Gasteiger partial charge in [0.1, 0.15) is 6.33 Å². The number of benzene rings is 1.